The van der Waals surface area contributed by atoms with E-state index in [1.807, 2.05) is 6.92 Å². The first-order valence-corrected chi connectivity index (χ1v) is 5.58. The van der Waals surface area contributed by atoms with Gasteiger partial charge in [0.15, 0.2) is 0 Å². The van der Waals surface area contributed by atoms with E-state index >= 15 is 0 Å². The van der Waals surface area contributed by atoms with Crippen molar-refractivity contribution in [3.63, 3.8) is 0 Å². The van der Waals surface area contributed by atoms with E-state index in [1.165, 1.54) is 7.11 Å². The molecule has 0 rings (SSSR count). The molecule has 0 saturated carbocycles. The molecule has 2 atom stereocenters. The third kappa shape index (κ3) is 6.47. The summed E-state index contributed by atoms with van der Waals surface area (Å²) in [6, 6.07) is -0.344. The maximum atomic E-state index is 11.4. The first kappa shape index (κ1) is 14.4. The Bertz CT molecular complexity index is 173. The van der Waals surface area contributed by atoms with Gasteiger partial charge in [0, 0.05) is 0 Å². The van der Waals surface area contributed by atoms with Gasteiger partial charge < -0.3 is 14.8 Å². The lowest BCUT2D eigenvalue weighted by atomic mass is 10.3. The fourth-order valence-corrected chi connectivity index (χ4v) is 1.05. The summed E-state index contributed by atoms with van der Waals surface area (Å²) < 4.78 is 10.2. The molecular formula is C11H23NO3. The van der Waals surface area contributed by atoms with Crippen molar-refractivity contribution in [2.75, 3.05) is 20.3 Å². The number of hydrogen-bond donors (Lipinski definition) is 1. The molecule has 0 aliphatic heterocycles. The Morgan fingerprint density at radius 1 is 1.40 bits per heavy atom. The number of methoxy groups -OCH3 is 1. The van der Waals surface area contributed by atoms with Crippen LogP contribution in [0, 0.1) is 0 Å². The Labute approximate surface area is 92.3 Å². The van der Waals surface area contributed by atoms with E-state index in [4.69, 9.17) is 9.47 Å². The highest BCUT2D eigenvalue weighted by atomic mass is 16.5. The predicted octanol–water partition coefficient (Wildman–Crippen LogP) is 1.34. The van der Waals surface area contributed by atoms with Crippen LogP contribution >= 0.6 is 0 Å². The summed E-state index contributed by atoms with van der Waals surface area (Å²) in [5.74, 6) is -0.258. The summed E-state index contributed by atoms with van der Waals surface area (Å²) in [7, 11) is 1.40. The number of carbonyl (C=O) groups is 1. The van der Waals surface area contributed by atoms with Crippen LogP contribution in [0.15, 0.2) is 0 Å². The van der Waals surface area contributed by atoms with Gasteiger partial charge >= 0.3 is 5.97 Å². The van der Waals surface area contributed by atoms with E-state index in [0.29, 0.717) is 6.61 Å². The third-order valence-electron chi connectivity index (χ3n) is 2.25. The number of carbonyl (C=O) groups excluding carboxylic acids is 1. The minimum Gasteiger partial charge on any atom is -0.468 e. The molecule has 0 heterocycles. The number of esters is 1. The van der Waals surface area contributed by atoms with Crippen molar-refractivity contribution in [2.45, 2.75) is 45.8 Å². The van der Waals surface area contributed by atoms with Crippen molar-refractivity contribution in [1.82, 2.24) is 5.32 Å². The van der Waals surface area contributed by atoms with Gasteiger partial charge in [0.05, 0.1) is 19.8 Å². The Balaban J connectivity index is 3.95. The molecule has 4 nitrogen and oxygen atoms in total. The van der Waals surface area contributed by atoms with Crippen LogP contribution < -0.4 is 5.32 Å². The molecule has 4 heteroatoms. The lowest BCUT2D eigenvalue weighted by Crippen LogP contribution is -2.42. The van der Waals surface area contributed by atoms with Crippen LogP contribution in [0.3, 0.4) is 0 Å². The Hall–Kier alpha value is -0.610. The van der Waals surface area contributed by atoms with Crippen LogP contribution in [0.1, 0.15) is 33.6 Å². The zero-order valence-electron chi connectivity index (χ0n) is 10.2. The molecule has 0 aromatic heterocycles. The number of ether oxygens (including phenoxy) is 2. The van der Waals surface area contributed by atoms with Gasteiger partial charge in [-0.05, 0) is 26.3 Å². The van der Waals surface area contributed by atoms with Gasteiger partial charge in [-0.1, -0.05) is 13.8 Å². The molecule has 15 heavy (non-hydrogen) atoms. The number of rotatable bonds is 8. The molecule has 0 aromatic rings. The van der Waals surface area contributed by atoms with E-state index in [1.54, 1.807) is 0 Å². The van der Waals surface area contributed by atoms with Crippen LogP contribution in [0.25, 0.3) is 0 Å². The minimum atomic E-state index is -0.344. The van der Waals surface area contributed by atoms with Gasteiger partial charge in [0.1, 0.15) is 6.04 Å². The zero-order chi connectivity index (χ0) is 11.7. The highest BCUT2D eigenvalue weighted by molar-refractivity contribution is 5.75. The minimum absolute atomic E-state index is 0.181. The van der Waals surface area contributed by atoms with Crippen molar-refractivity contribution in [2.24, 2.45) is 0 Å². The second kappa shape index (κ2) is 8.68. The predicted molar refractivity (Wildman–Crippen MR) is 59.8 cm³/mol. The Kier molecular flexibility index (Phi) is 8.33. The van der Waals surface area contributed by atoms with Crippen molar-refractivity contribution >= 4 is 5.97 Å². The van der Waals surface area contributed by atoms with Crippen molar-refractivity contribution in [3.8, 4) is 0 Å². The molecule has 0 saturated heterocycles. The maximum absolute atomic E-state index is 11.4. The summed E-state index contributed by atoms with van der Waals surface area (Å²) in [6.07, 6.45) is 2.11. The Morgan fingerprint density at radius 2 is 2.07 bits per heavy atom. The second-order valence-electron chi connectivity index (χ2n) is 3.58. The molecular weight excluding hydrogens is 194 g/mol. The molecule has 90 valence electrons. The smallest absolute Gasteiger partial charge is 0.325 e. The van der Waals surface area contributed by atoms with Crippen LogP contribution in [0.4, 0.5) is 0 Å². The highest BCUT2D eigenvalue weighted by Crippen LogP contribution is 1.99. The van der Waals surface area contributed by atoms with Crippen molar-refractivity contribution in [3.05, 3.63) is 0 Å². The Morgan fingerprint density at radius 3 is 2.53 bits per heavy atom. The molecule has 0 radical (unpaired) electrons. The summed E-state index contributed by atoms with van der Waals surface area (Å²) in [6.45, 7) is 7.27. The third-order valence-corrected chi connectivity index (χ3v) is 2.25. The van der Waals surface area contributed by atoms with Crippen LogP contribution in [0.5, 0.6) is 0 Å². The van der Waals surface area contributed by atoms with Gasteiger partial charge in [-0.2, -0.15) is 0 Å². The van der Waals surface area contributed by atoms with Crippen LogP contribution in [-0.4, -0.2) is 38.4 Å². The fraction of sp³-hybridized carbons (Fsp3) is 0.909. The van der Waals surface area contributed by atoms with Crippen molar-refractivity contribution in [1.29, 1.82) is 0 Å². The zero-order valence-corrected chi connectivity index (χ0v) is 10.2. The topological polar surface area (TPSA) is 47.6 Å². The van der Waals surface area contributed by atoms with Crippen LogP contribution in [0.2, 0.25) is 0 Å². The van der Waals surface area contributed by atoms with Gasteiger partial charge in [0.25, 0.3) is 0 Å². The molecule has 1 N–H and O–H groups in total. The average molecular weight is 217 g/mol. The SMILES string of the molecule is CCCNC(COC(C)CC)C(=O)OC. The molecule has 0 spiro atoms. The average Bonchev–Trinajstić information content (AvgIpc) is 2.27. The summed E-state index contributed by atoms with van der Waals surface area (Å²) in [5.41, 5.74) is 0. The van der Waals surface area contributed by atoms with Gasteiger partial charge in [-0.25, -0.2) is 0 Å². The first-order chi connectivity index (χ1) is 7.15. The lowest BCUT2D eigenvalue weighted by Gasteiger charge is -2.18. The fourth-order valence-electron chi connectivity index (χ4n) is 1.05. The van der Waals surface area contributed by atoms with Crippen LogP contribution in [-0.2, 0) is 14.3 Å². The molecule has 0 aliphatic rings. The molecule has 0 aliphatic carbocycles. The highest BCUT2D eigenvalue weighted by Gasteiger charge is 2.18. The normalized spacial score (nSPS) is 14.7. The summed E-state index contributed by atoms with van der Waals surface area (Å²) in [5, 5.41) is 3.10. The van der Waals surface area contributed by atoms with Gasteiger partial charge in [-0.15, -0.1) is 0 Å². The lowest BCUT2D eigenvalue weighted by molar-refractivity contribution is -0.145. The van der Waals surface area contributed by atoms with Gasteiger partial charge in [0.2, 0.25) is 0 Å². The largest absolute Gasteiger partial charge is 0.468 e. The van der Waals surface area contributed by atoms with Gasteiger partial charge in [-0.3, -0.25) is 4.79 Å². The number of nitrogens with one attached hydrogen (secondary N) is 1. The molecule has 0 aromatic carbocycles. The summed E-state index contributed by atoms with van der Waals surface area (Å²) in [4.78, 5) is 11.4. The van der Waals surface area contributed by atoms with E-state index in [-0.39, 0.29) is 18.1 Å². The van der Waals surface area contributed by atoms with E-state index in [0.717, 1.165) is 19.4 Å². The van der Waals surface area contributed by atoms with E-state index in [2.05, 4.69) is 19.2 Å². The quantitative estimate of drug-likeness (QED) is 0.623. The molecule has 0 amide bonds. The first-order valence-electron chi connectivity index (χ1n) is 5.58. The van der Waals surface area contributed by atoms with Crippen molar-refractivity contribution < 1.29 is 14.3 Å². The molecule has 2 unspecified atom stereocenters. The molecule has 0 bridgehead atoms. The monoisotopic (exact) mass is 217 g/mol. The second-order valence-corrected chi connectivity index (χ2v) is 3.58. The number of hydrogen-bond acceptors (Lipinski definition) is 4. The molecule has 0 fully saturated rings. The summed E-state index contributed by atoms with van der Waals surface area (Å²) >= 11 is 0. The standard InChI is InChI=1S/C11H23NO3/c1-5-7-12-10(11(13)14-4)8-15-9(3)6-2/h9-10,12H,5-8H2,1-4H3. The maximum Gasteiger partial charge on any atom is 0.325 e. The van der Waals surface area contributed by atoms with E-state index < -0.39 is 0 Å². The van der Waals surface area contributed by atoms with E-state index in [9.17, 15) is 4.79 Å².